The van der Waals surface area contributed by atoms with E-state index >= 15 is 0 Å². The molecule has 4 N–H and O–H groups in total. The maximum absolute atomic E-state index is 11.7. The normalized spacial score (nSPS) is 11.7. The molecule has 0 saturated carbocycles. The van der Waals surface area contributed by atoms with Crippen LogP contribution in [0.5, 0.6) is 0 Å². The Hall–Kier alpha value is 0.0600. The Labute approximate surface area is 208 Å². The van der Waals surface area contributed by atoms with Gasteiger partial charge in [0.15, 0.2) is 0 Å². The second kappa shape index (κ2) is 25.3. The summed E-state index contributed by atoms with van der Waals surface area (Å²) in [6.07, 6.45) is 21.7. The van der Waals surface area contributed by atoms with E-state index in [0.29, 0.717) is 19.4 Å². The Balaban J connectivity index is 0. The second-order valence-electron chi connectivity index (χ2n) is 8.38. The van der Waals surface area contributed by atoms with Gasteiger partial charge >= 0.3 is 41.5 Å². The van der Waals surface area contributed by atoms with Gasteiger partial charge in [-0.25, -0.2) is 4.79 Å². The zero-order chi connectivity index (χ0) is 21.6. The van der Waals surface area contributed by atoms with Crippen LogP contribution in [0.2, 0.25) is 0 Å². The third kappa shape index (κ3) is 22.7. The molecule has 0 spiro atoms. The predicted molar refractivity (Wildman–Crippen MR) is 129 cm³/mol. The average Bonchev–Trinajstić information content (AvgIpc) is 2.70. The van der Waals surface area contributed by atoms with E-state index in [1.54, 1.807) is 0 Å². The molecule has 0 aliphatic heterocycles. The Kier molecular flexibility index (Phi) is 27.2. The van der Waals surface area contributed by atoms with E-state index in [-0.39, 0.29) is 29.6 Å². The maximum atomic E-state index is 11.7. The van der Waals surface area contributed by atoms with Gasteiger partial charge in [0.2, 0.25) is 0 Å². The van der Waals surface area contributed by atoms with Crippen LogP contribution in [0, 0.1) is 0 Å². The number of ether oxygens (including phenoxy) is 1. The van der Waals surface area contributed by atoms with Crippen molar-refractivity contribution < 1.29 is 14.3 Å². The van der Waals surface area contributed by atoms with Crippen molar-refractivity contribution in [1.82, 2.24) is 0 Å². The van der Waals surface area contributed by atoms with Crippen molar-refractivity contribution in [3.8, 4) is 0 Å². The quantitative estimate of drug-likeness (QED) is 0.113. The monoisotopic (exact) mass is 436 g/mol. The van der Waals surface area contributed by atoms with E-state index in [9.17, 15) is 9.59 Å². The molecule has 0 rings (SSSR count). The Morgan fingerprint density at radius 3 is 1.57 bits per heavy atom. The van der Waals surface area contributed by atoms with Gasteiger partial charge < -0.3 is 16.2 Å². The van der Waals surface area contributed by atoms with E-state index in [1.807, 2.05) is 0 Å². The first-order valence-electron chi connectivity index (χ1n) is 12.3. The van der Waals surface area contributed by atoms with Crippen LogP contribution < -0.4 is 11.5 Å². The minimum absolute atomic E-state index is 0. The third-order valence-electron chi connectivity index (χ3n) is 5.47. The van der Waals surface area contributed by atoms with E-state index in [4.69, 9.17) is 16.2 Å². The molecular weight excluding hydrogens is 387 g/mol. The summed E-state index contributed by atoms with van der Waals surface area (Å²) in [4.78, 5) is 23.4. The SMILES string of the molecule is CCCCCCCCCCCCCCCCCC(=O)OC(=O)C(N)CCCCN.[NaH]. The topological polar surface area (TPSA) is 95.4 Å². The van der Waals surface area contributed by atoms with Gasteiger partial charge in [0, 0.05) is 6.42 Å². The summed E-state index contributed by atoms with van der Waals surface area (Å²) < 4.78 is 4.83. The molecule has 0 aromatic heterocycles. The van der Waals surface area contributed by atoms with Gasteiger partial charge in [-0.2, -0.15) is 0 Å². The molecule has 5 nitrogen and oxygen atoms in total. The third-order valence-corrected chi connectivity index (χ3v) is 5.47. The van der Waals surface area contributed by atoms with E-state index < -0.39 is 18.0 Å². The van der Waals surface area contributed by atoms with Crippen LogP contribution in [-0.4, -0.2) is 54.1 Å². The molecule has 0 aromatic carbocycles. The van der Waals surface area contributed by atoms with Crippen LogP contribution in [-0.2, 0) is 14.3 Å². The van der Waals surface area contributed by atoms with Gasteiger partial charge in [0.05, 0.1) is 0 Å². The van der Waals surface area contributed by atoms with E-state index in [2.05, 4.69) is 6.92 Å². The summed E-state index contributed by atoms with van der Waals surface area (Å²) in [5, 5.41) is 0. The molecule has 1 unspecified atom stereocenters. The van der Waals surface area contributed by atoms with Gasteiger partial charge in [-0.05, 0) is 25.8 Å². The number of hydrogen-bond donors (Lipinski definition) is 2. The van der Waals surface area contributed by atoms with Crippen molar-refractivity contribution in [2.45, 2.75) is 135 Å². The fraction of sp³-hybridized carbons (Fsp3) is 0.917. The Morgan fingerprint density at radius 2 is 1.13 bits per heavy atom. The van der Waals surface area contributed by atoms with Crippen molar-refractivity contribution in [2.24, 2.45) is 11.5 Å². The van der Waals surface area contributed by atoms with Crippen molar-refractivity contribution in [2.75, 3.05) is 6.54 Å². The van der Waals surface area contributed by atoms with Crippen molar-refractivity contribution in [1.29, 1.82) is 0 Å². The van der Waals surface area contributed by atoms with Gasteiger partial charge in [-0.3, -0.25) is 4.79 Å². The van der Waals surface area contributed by atoms with Crippen molar-refractivity contribution in [3.05, 3.63) is 0 Å². The van der Waals surface area contributed by atoms with Crippen molar-refractivity contribution >= 4 is 41.5 Å². The number of rotatable bonds is 21. The summed E-state index contributed by atoms with van der Waals surface area (Å²) in [7, 11) is 0. The van der Waals surface area contributed by atoms with Crippen molar-refractivity contribution in [3.63, 3.8) is 0 Å². The molecule has 6 heteroatoms. The Morgan fingerprint density at radius 1 is 0.700 bits per heavy atom. The summed E-state index contributed by atoms with van der Waals surface area (Å²) >= 11 is 0. The van der Waals surface area contributed by atoms with Crippen LogP contribution in [0.15, 0.2) is 0 Å². The van der Waals surface area contributed by atoms with Crippen LogP contribution >= 0.6 is 0 Å². The fourth-order valence-corrected chi connectivity index (χ4v) is 3.51. The second-order valence-corrected chi connectivity index (χ2v) is 8.38. The molecule has 174 valence electrons. The fourth-order valence-electron chi connectivity index (χ4n) is 3.51. The van der Waals surface area contributed by atoms with E-state index in [1.165, 1.54) is 77.0 Å². The first-order valence-corrected chi connectivity index (χ1v) is 12.3. The minimum atomic E-state index is -0.716. The number of carbonyl (C=O) groups is 2. The van der Waals surface area contributed by atoms with E-state index in [0.717, 1.165) is 32.1 Å². The first kappa shape index (κ1) is 32.2. The standard InChI is InChI=1S/C24H48N2O3.Na.H/c1-2-3-4-5-6-7-8-9-10-11-12-13-14-15-16-20-23(27)29-24(28)22(26)19-17-18-21-25;;/h22H,2-21,25-26H2,1H3;;. The molecular formula is C24H49N2NaO3. The van der Waals surface area contributed by atoms with Gasteiger partial charge in [-0.15, -0.1) is 0 Å². The first-order chi connectivity index (χ1) is 14.1. The van der Waals surface area contributed by atoms with Crippen LogP contribution in [0.1, 0.15) is 129 Å². The molecule has 1 atom stereocenters. The summed E-state index contributed by atoms with van der Waals surface area (Å²) in [5.41, 5.74) is 11.1. The summed E-state index contributed by atoms with van der Waals surface area (Å²) in [6.45, 7) is 2.85. The molecule has 0 radical (unpaired) electrons. The molecule has 30 heavy (non-hydrogen) atoms. The molecule has 0 amide bonds. The van der Waals surface area contributed by atoms with Gasteiger partial charge in [0.25, 0.3) is 0 Å². The molecule has 0 heterocycles. The van der Waals surface area contributed by atoms with Crippen LogP contribution in [0.3, 0.4) is 0 Å². The molecule has 0 bridgehead atoms. The summed E-state index contributed by atoms with van der Waals surface area (Å²) in [5.74, 6) is -1.05. The number of carbonyl (C=O) groups excluding carboxylic acids is 2. The molecule has 0 aliphatic rings. The number of unbranched alkanes of at least 4 members (excludes halogenated alkanes) is 15. The predicted octanol–water partition coefficient (Wildman–Crippen LogP) is 5.13. The average molecular weight is 437 g/mol. The number of nitrogens with two attached hydrogens (primary N) is 2. The Bertz CT molecular complexity index is 395. The zero-order valence-electron chi connectivity index (χ0n) is 19.1. The van der Waals surface area contributed by atoms with Gasteiger partial charge in [0.1, 0.15) is 6.04 Å². The summed E-state index contributed by atoms with van der Waals surface area (Å²) in [6, 6.07) is -0.716. The van der Waals surface area contributed by atoms with Crippen LogP contribution in [0.25, 0.3) is 0 Å². The number of esters is 2. The molecule has 0 saturated heterocycles. The molecule has 0 fully saturated rings. The molecule has 0 aliphatic carbocycles. The van der Waals surface area contributed by atoms with Crippen LogP contribution in [0.4, 0.5) is 0 Å². The van der Waals surface area contributed by atoms with Gasteiger partial charge in [-0.1, -0.05) is 103 Å². The number of hydrogen-bond acceptors (Lipinski definition) is 5. The zero-order valence-corrected chi connectivity index (χ0v) is 19.1. The molecule has 0 aromatic rings.